The number of ether oxygens (including phenoxy) is 2. The molecule has 3 N–H and O–H groups in total. The van der Waals surface area contributed by atoms with E-state index in [0.29, 0.717) is 62.5 Å². The molecule has 2 aliphatic heterocycles. The molecule has 0 aliphatic carbocycles. The normalized spacial score (nSPS) is 19.9. The predicted molar refractivity (Wildman–Crippen MR) is 158 cm³/mol. The van der Waals surface area contributed by atoms with Crippen LogP contribution in [-0.4, -0.2) is 70.5 Å². The van der Waals surface area contributed by atoms with Crippen LogP contribution in [0.4, 0.5) is 5.69 Å². The van der Waals surface area contributed by atoms with Crippen LogP contribution in [-0.2, 0) is 32.6 Å². The maximum atomic E-state index is 13.6. The van der Waals surface area contributed by atoms with Crippen molar-refractivity contribution in [1.29, 1.82) is 0 Å². The van der Waals surface area contributed by atoms with Crippen molar-refractivity contribution in [3.63, 3.8) is 0 Å². The Balaban J connectivity index is 1.11. The second-order valence-electron chi connectivity index (χ2n) is 10.5. The number of piperidine rings is 1. The van der Waals surface area contributed by atoms with Gasteiger partial charge in [0.1, 0.15) is 10.6 Å². The number of benzene rings is 2. The zero-order chi connectivity index (χ0) is 29.0. The van der Waals surface area contributed by atoms with Crippen molar-refractivity contribution < 1.29 is 26.7 Å². The third-order valence-electron chi connectivity index (χ3n) is 7.82. The molecule has 222 valence electrons. The molecule has 1 aromatic heterocycles. The van der Waals surface area contributed by atoms with Gasteiger partial charge in [-0.1, -0.05) is 18.2 Å². The van der Waals surface area contributed by atoms with Crippen molar-refractivity contribution in [2.75, 3.05) is 37.6 Å². The molecule has 3 heterocycles. The van der Waals surface area contributed by atoms with Gasteiger partial charge >= 0.3 is 0 Å². The average Bonchev–Trinajstić information content (AvgIpc) is 3.35. The maximum absolute atomic E-state index is 13.6. The average molecular weight is 605 g/mol. The minimum Gasteiger partial charge on any atom is -0.493 e. The van der Waals surface area contributed by atoms with Crippen molar-refractivity contribution in [2.24, 2.45) is 0 Å². The van der Waals surface area contributed by atoms with Crippen LogP contribution in [0.15, 0.2) is 64.4 Å². The smallest absolute Gasteiger partial charge is 0.259 e. The third kappa shape index (κ3) is 6.65. The van der Waals surface area contributed by atoms with Crippen LogP contribution in [0.25, 0.3) is 10.9 Å². The summed E-state index contributed by atoms with van der Waals surface area (Å²) in [6, 6.07) is 14.2. The van der Waals surface area contributed by atoms with Crippen LogP contribution in [0.2, 0.25) is 0 Å². The van der Waals surface area contributed by atoms with Gasteiger partial charge in [-0.05, 0) is 63.4 Å². The number of rotatable bonds is 11. The first kappa shape index (κ1) is 29.7. The van der Waals surface area contributed by atoms with Crippen LogP contribution >= 0.6 is 0 Å². The Hall–Kier alpha value is -2.81. The van der Waals surface area contributed by atoms with E-state index in [1.54, 1.807) is 36.4 Å². The second-order valence-corrected chi connectivity index (χ2v) is 13.1. The lowest BCUT2D eigenvalue weighted by atomic mass is 9.88. The molecule has 41 heavy (non-hydrogen) atoms. The molecule has 3 aromatic rings. The molecule has 2 aliphatic rings. The SMILES string of the molecule is CCn1cc(S(=O)(=O)N2CCC3(CC2)C[C@@H](NCCCOc2cccc(NS(=O)O)c2)CO3)c(=O)c2ccccc21. The molecule has 1 spiro atoms. The van der Waals surface area contributed by atoms with Crippen molar-refractivity contribution in [2.45, 2.75) is 55.7 Å². The maximum Gasteiger partial charge on any atom is 0.259 e. The summed E-state index contributed by atoms with van der Waals surface area (Å²) in [6.45, 7) is 4.87. The Bertz CT molecular complexity index is 1570. The van der Waals surface area contributed by atoms with E-state index in [9.17, 15) is 17.4 Å². The molecule has 0 saturated carbocycles. The molecule has 5 rings (SSSR count). The third-order valence-corrected chi connectivity index (χ3v) is 10.1. The molecule has 2 aromatic carbocycles. The Labute approximate surface area is 242 Å². The van der Waals surface area contributed by atoms with E-state index < -0.39 is 26.7 Å². The summed E-state index contributed by atoms with van der Waals surface area (Å²) in [4.78, 5) is 13.0. The molecular weight excluding hydrogens is 568 g/mol. The number of anilines is 1. The number of aryl methyl sites for hydroxylation is 1. The monoisotopic (exact) mass is 604 g/mol. The van der Waals surface area contributed by atoms with Gasteiger partial charge in [0.15, 0.2) is 0 Å². The molecule has 0 amide bonds. The summed E-state index contributed by atoms with van der Waals surface area (Å²) in [5.74, 6) is 0.614. The number of hydrogen-bond acceptors (Lipinski definition) is 7. The highest BCUT2D eigenvalue weighted by molar-refractivity contribution is 7.89. The van der Waals surface area contributed by atoms with Gasteiger partial charge in [-0.3, -0.25) is 14.1 Å². The first-order chi connectivity index (χ1) is 19.7. The number of para-hydroxylation sites is 1. The molecule has 11 nitrogen and oxygen atoms in total. The number of pyridine rings is 1. The number of nitrogens with one attached hydrogen (secondary N) is 2. The molecular formula is C28H36N4O7S2. The largest absolute Gasteiger partial charge is 0.493 e. The standard InChI is InChI=1S/C28H36N4O7S2/c1-2-31-19-26(27(33)24-9-3-4-10-25(24)31)41(36,37)32-14-11-28(12-15-32)18-22(20-39-28)29-13-6-16-38-23-8-5-7-21(17-23)30-40(34)35/h3-5,7-10,17,19,22,29-30H,2,6,11-16,18,20H2,1H3,(H,34,35)/t22-/m1/s1. The topological polar surface area (TPSA) is 139 Å². The van der Waals surface area contributed by atoms with Gasteiger partial charge in [-0.2, -0.15) is 4.31 Å². The van der Waals surface area contributed by atoms with E-state index in [2.05, 4.69) is 10.0 Å². The van der Waals surface area contributed by atoms with Crippen molar-refractivity contribution >= 4 is 37.9 Å². The van der Waals surface area contributed by atoms with Gasteiger partial charge in [0.05, 0.1) is 30.0 Å². The highest BCUT2D eigenvalue weighted by Crippen LogP contribution is 2.37. The fourth-order valence-corrected chi connectivity index (χ4v) is 7.55. The van der Waals surface area contributed by atoms with Crippen molar-refractivity contribution in [3.05, 3.63) is 65.0 Å². The molecule has 2 atom stereocenters. The zero-order valence-electron chi connectivity index (χ0n) is 23.0. The summed E-state index contributed by atoms with van der Waals surface area (Å²) in [6.07, 6.45) is 4.19. The number of fused-ring (bicyclic) bond motifs is 1. The fraction of sp³-hybridized carbons (Fsp3) is 0.464. The predicted octanol–water partition coefficient (Wildman–Crippen LogP) is 2.94. The summed E-state index contributed by atoms with van der Waals surface area (Å²) in [5, 5.41) is 3.92. The lowest BCUT2D eigenvalue weighted by Gasteiger charge is -2.38. The first-order valence-electron chi connectivity index (χ1n) is 13.8. The molecule has 1 unspecified atom stereocenters. The van der Waals surface area contributed by atoms with Gasteiger partial charge in [-0.25, -0.2) is 12.6 Å². The molecule has 13 heteroatoms. The minimum atomic E-state index is -3.95. The quantitative estimate of drug-likeness (QED) is 0.224. The molecule has 0 radical (unpaired) electrons. The zero-order valence-corrected chi connectivity index (χ0v) is 24.6. The van der Waals surface area contributed by atoms with Gasteiger partial charge in [0.25, 0.3) is 11.3 Å². The van der Waals surface area contributed by atoms with Crippen LogP contribution in [0.1, 0.15) is 32.6 Å². The Morgan fingerprint density at radius 1 is 1.17 bits per heavy atom. The Morgan fingerprint density at radius 3 is 2.71 bits per heavy atom. The second kappa shape index (κ2) is 12.6. The van der Waals surface area contributed by atoms with E-state index >= 15 is 0 Å². The Morgan fingerprint density at radius 2 is 1.95 bits per heavy atom. The molecule has 0 bridgehead atoms. The van der Waals surface area contributed by atoms with Crippen LogP contribution in [0, 0.1) is 0 Å². The van der Waals surface area contributed by atoms with Crippen molar-refractivity contribution in [3.8, 4) is 5.75 Å². The number of sulfonamides is 1. The first-order valence-corrected chi connectivity index (χ1v) is 16.4. The number of nitrogens with zero attached hydrogens (tertiary/aromatic N) is 2. The highest BCUT2D eigenvalue weighted by atomic mass is 32.2. The van der Waals surface area contributed by atoms with Crippen LogP contribution in [0.3, 0.4) is 0 Å². The lowest BCUT2D eigenvalue weighted by molar-refractivity contribution is -0.0311. The van der Waals surface area contributed by atoms with Gasteiger partial charge in [-0.15, -0.1) is 0 Å². The van der Waals surface area contributed by atoms with E-state index in [4.69, 9.17) is 14.0 Å². The number of hydrogen-bond donors (Lipinski definition) is 3. The number of aromatic nitrogens is 1. The molecule has 2 fully saturated rings. The summed E-state index contributed by atoms with van der Waals surface area (Å²) in [5.41, 5.74) is 0.406. The van der Waals surface area contributed by atoms with E-state index in [1.165, 1.54) is 10.5 Å². The van der Waals surface area contributed by atoms with Gasteiger partial charge in [0, 0.05) is 43.3 Å². The van der Waals surface area contributed by atoms with E-state index in [0.717, 1.165) is 24.9 Å². The van der Waals surface area contributed by atoms with Crippen LogP contribution in [0.5, 0.6) is 5.75 Å². The Kier molecular flexibility index (Phi) is 9.12. The van der Waals surface area contributed by atoms with Crippen LogP contribution < -0.4 is 20.2 Å². The van der Waals surface area contributed by atoms with Gasteiger partial charge in [0.2, 0.25) is 15.5 Å². The molecule has 2 saturated heterocycles. The van der Waals surface area contributed by atoms with E-state index in [1.807, 2.05) is 23.6 Å². The highest BCUT2D eigenvalue weighted by Gasteiger charge is 2.45. The summed E-state index contributed by atoms with van der Waals surface area (Å²) in [7, 11) is -3.95. The van der Waals surface area contributed by atoms with Gasteiger partial charge < -0.3 is 19.4 Å². The van der Waals surface area contributed by atoms with E-state index in [-0.39, 0.29) is 16.5 Å². The van der Waals surface area contributed by atoms with Crippen molar-refractivity contribution in [1.82, 2.24) is 14.2 Å². The summed E-state index contributed by atoms with van der Waals surface area (Å²) >= 11 is -2.14. The lowest BCUT2D eigenvalue weighted by Crippen LogP contribution is -2.47. The minimum absolute atomic E-state index is 0.169. The fourth-order valence-electron chi connectivity index (χ4n) is 5.68. The summed E-state index contributed by atoms with van der Waals surface area (Å²) < 4.78 is 64.6.